The predicted octanol–water partition coefficient (Wildman–Crippen LogP) is -0.693. The van der Waals surface area contributed by atoms with Crippen molar-refractivity contribution in [3.63, 3.8) is 0 Å². The van der Waals surface area contributed by atoms with Gasteiger partial charge in [0, 0.05) is 19.8 Å². The number of aliphatic hydroxyl groups excluding tert-OH is 4. The van der Waals surface area contributed by atoms with Crippen LogP contribution in [-0.2, 0) is 57.0 Å². The van der Waals surface area contributed by atoms with Crippen LogP contribution in [0.15, 0.2) is 49.1 Å². The first kappa shape index (κ1) is 45.9. The van der Waals surface area contributed by atoms with Crippen LogP contribution in [0.5, 0.6) is 23.0 Å². The molecule has 2 aromatic carbocycles. The normalized spacial score (nSPS) is 33.2. The van der Waals surface area contributed by atoms with Gasteiger partial charge in [-0.1, -0.05) is 18.2 Å². The lowest BCUT2D eigenvalue weighted by Crippen LogP contribution is -2.64. The topological polar surface area (TPSA) is 319 Å². The summed E-state index contributed by atoms with van der Waals surface area (Å²) in [6.45, 7) is 4.27. The monoisotopic (exact) mass is 878 g/mol. The number of benzene rings is 2. The van der Waals surface area contributed by atoms with Gasteiger partial charge in [0.2, 0.25) is 12.6 Å². The third kappa shape index (κ3) is 9.71. The Morgan fingerprint density at radius 3 is 2.13 bits per heavy atom. The van der Waals surface area contributed by atoms with Gasteiger partial charge in [-0.05, 0) is 36.6 Å². The molecule has 0 spiro atoms. The fourth-order valence-corrected chi connectivity index (χ4v) is 7.57. The molecule has 62 heavy (non-hydrogen) atoms. The standard InChI is InChI=1S/C40H46O22/c1-4-18-19-11-12-53-35(50)22(19)14-55-38(18)62-40-34(60-36(51)20-7-5-9-23(44)27(20)46)33(56-17(3)43)32(26(58-40)15-54-16(2)42)59-37(52)21-8-6-10-24(45)31(21)61-39-30(49)29(48)28(47)25(13-41)57-39/h4-10,18-19,22,25-26,28-30,32-34,38-41,44-49H,1,11-15H2,2-3H3/t18-,19+,22+,25-,26-,28-,29+,30-,32-,33+,34-,38+,39+,40+/m1/s1. The smallest absolute Gasteiger partial charge is 0.342 e. The zero-order valence-electron chi connectivity index (χ0n) is 33.1. The highest BCUT2D eigenvalue weighted by atomic mass is 16.8. The van der Waals surface area contributed by atoms with Gasteiger partial charge in [-0.25, -0.2) is 9.59 Å². The van der Waals surface area contributed by atoms with E-state index in [0.29, 0.717) is 6.42 Å². The predicted molar refractivity (Wildman–Crippen MR) is 199 cm³/mol. The van der Waals surface area contributed by atoms with Crippen LogP contribution in [-0.4, -0.2) is 160 Å². The number of ether oxygens (including phenoxy) is 10. The van der Waals surface area contributed by atoms with E-state index in [0.717, 1.165) is 38.1 Å². The summed E-state index contributed by atoms with van der Waals surface area (Å²) < 4.78 is 57.2. The number of rotatable bonds is 13. The van der Waals surface area contributed by atoms with E-state index in [9.17, 15) is 59.7 Å². The van der Waals surface area contributed by atoms with E-state index < -0.39 is 163 Å². The summed E-state index contributed by atoms with van der Waals surface area (Å²) in [4.78, 5) is 65.6. The number of carbonyl (C=O) groups excluding carboxylic acids is 5. The number of aliphatic hydroxyl groups is 4. The summed E-state index contributed by atoms with van der Waals surface area (Å²) >= 11 is 0. The highest BCUT2D eigenvalue weighted by molar-refractivity contribution is 5.94. The number of carbonyl (C=O) groups is 5. The second-order valence-corrected chi connectivity index (χ2v) is 14.7. The summed E-state index contributed by atoms with van der Waals surface area (Å²) in [5.74, 6) is -9.85. The number of esters is 5. The summed E-state index contributed by atoms with van der Waals surface area (Å²) in [6.07, 6.45) is -17.6. The molecule has 338 valence electrons. The van der Waals surface area contributed by atoms with Crippen molar-refractivity contribution in [3.8, 4) is 23.0 Å². The fourth-order valence-electron chi connectivity index (χ4n) is 7.57. The molecule has 0 unspecified atom stereocenters. The van der Waals surface area contributed by atoms with Gasteiger partial charge in [-0.15, -0.1) is 6.58 Å². The quantitative estimate of drug-likeness (QED) is 0.0567. The van der Waals surface area contributed by atoms with Crippen LogP contribution in [0.25, 0.3) is 0 Å². The lowest BCUT2D eigenvalue weighted by molar-refractivity contribution is -0.351. The number of cyclic esters (lactones) is 1. The molecule has 4 aliphatic rings. The van der Waals surface area contributed by atoms with Gasteiger partial charge in [0.05, 0.1) is 25.7 Å². The van der Waals surface area contributed by atoms with Gasteiger partial charge in [0.25, 0.3) is 0 Å². The summed E-state index contributed by atoms with van der Waals surface area (Å²) in [7, 11) is 0. The van der Waals surface area contributed by atoms with Crippen LogP contribution in [0.1, 0.15) is 41.0 Å². The van der Waals surface area contributed by atoms with Gasteiger partial charge in [-0.3, -0.25) is 14.4 Å². The molecular formula is C40H46O22. The zero-order valence-corrected chi connectivity index (χ0v) is 33.1. The molecule has 4 heterocycles. The van der Waals surface area contributed by atoms with Crippen molar-refractivity contribution in [2.24, 2.45) is 17.8 Å². The van der Waals surface area contributed by atoms with E-state index in [1.165, 1.54) is 18.2 Å². The maximum Gasteiger partial charge on any atom is 0.342 e. The number of hydrogen-bond donors (Lipinski definition) is 7. The van der Waals surface area contributed by atoms with E-state index in [2.05, 4.69) is 6.58 Å². The molecule has 0 aromatic heterocycles. The maximum absolute atomic E-state index is 14.2. The average molecular weight is 879 g/mol. The van der Waals surface area contributed by atoms with Crippen LogP contribution < -0.4 is 4.74 Å². The minimum absolute atomic E-state index is 0.102. The van der Waals surface area contributed by atoms with Crippen molar-refractivity contribution in [2.45, 2.75) is 88.0 Å². The molecule has 4 saturated heterocycles. The van der Waals surface area contributed by atoms with Gasteiger partial charge in [0.15, 0.2) is 47.6 Å². The van der Waals surface area contributed by atoms with Crippen LogP contribution >= 0.6 is 0 Å². The fraction of sp³-hybridized carbons (Fsp3) is 0.525. The van der Waals surface area contributed by atoms with Crippen molar-refractivity contribution < 1.29 is 107 Å². The van der Waals surface area contributed by atoms with Crippen LogP contribution in [0.2, 0.25) is 0 Å². The van der Waals surface area contributed by atoms with Gasteiger partial charge >= 0.3 is 29.8 Å². The average Bonchev–Trinajstić information content (AvgIpc) is 3.23. The number of aromatic hydroxyl groups is 3. The SMILES string of the molecule is C=C[C@H]1[C@H](O[C@@H]2O[C@H](COC(C)=O)[C@@H](OC(=O)c3cccc(O)c3O[C@@H]3O[C@H](CO)[C@@H](O)[C@H](O)[C@H]3O)[C@H](OC(C)=O)[C@H]2OC(=O)c2cccc(O)c2O)OC[C@@H]2C(=O)OCC[C@@H]12. The Labute approximate surface area is 351 Å². The lowest BCUT2D eigenvalue weighted by atomic mass is 9.76. The van der Waals surface area contributed by atoms with Gasteiger partial charge in [0.1, 0.15) is 48.3 Å². The second kappa shape index (κ2) is 19.6. The number of phenols is 3. The molecule has 4 fully saturated rings. The third-order valence-corrected chi connectivity index (χ3v) is 10.7. The van der Waals surface area contributed by atoms with Crippen LogP contribution in [0.3, 0.4) is 0 Å². The Morgan fingerprint density at radius 1 is 0.790 bits per heavy atom. The molecule has 0 radical (unpaired) electrons. The molecule has 0 saturated carbocycles. The molecule has 0 aliphatic carbocycles. The van der Waals surface area contributed by atoms with Gasteiger partial charge in [-0.2, -0.15) is 0 Å². The van der Waals surface area contributed by atoms with Crippen molar-refractivity contribution in [1.82, 2.24) is 0 Å². The second-order valence-electron chi connectivity index (χ2n) is 14.7. The van der Waals surface area contributed by atoms with Crippen molar-refractivity contribution in [1.29, 1.82) is 0 Å². The maximum atomic E-state index is 14.2. The van der Waals surface area contributed by atoms with E-state index >= 15 is 0 Å². The van der Waals surface area contributed by atoms with E-state index in [4.69, 9.17) is 47.4 Å². The molecule has 7 N–H and O–H groups in total. The molecule has 14 atom stereocenters. The molecule has 0 amide bonds. The van der Waals surface area contributed by atoms with E-state index in [-0.39, 0.29) is 13.2 Å². The molecule has 6 rings (SSSR count). The Bertz CT molecular complexity index is 1990. The van der Waals surface area contributed by atoms with E-state index in [1.807, 2.05) is 0 Å². The highest BCUT2D eigenvalue weighted by Crippen LogP contribution is 2.42. The number of hydrogen-bond acceptors (Lipinski definition) is 22. The molecular weight excluding hydrogens is 832 g/mol. The van der Waals surface area contributed by atoms with E-state index in [1.54, 1.807) is 0 Å². The lowest BCUT2D eigenvalue weighted by Gasteiger charge is -2.47. The Hall–Kier alpha value is -5.59. The Kier molecular flexibility index (Phi) is 14.5. The van der Waals surface area contributed by atoms with Crippen LogP contribution in [0.4, 0.5) is 0 Å². The zero-order chi connectivity index (χ0) is 45.0. The summed E-state index contributed by atoms with van der Waals surface area (Å²) in [5, 5.41) is 72.3. The largest absolute Gasteiger partial charge is 0.504 e. The van der Waals surface area contributed by atoms with Gasteiger partial charge < -0.3 is 83.1 Å². The summed E-state index contributed by atoms with van der Waals surface area (Å²) in [5.41, 5.74) is -1.16. The Morgan fingerprint density at radius 2 is 1.45 bits per heavy atom. The molecule has 0 bridgehead atoms. The number of fused-ring (bicyclic) bond motifs is 1. The molecule has 2 aromatic rings. The minimum atomic E-state index is -1.98. The van der Waals surface area contributed by atoms with Crippen LogP contribution in [0, 0.1) is 17.8 Å². The van der Waals surface area contributed by atoms with Crippen molar-refractivity contribution in [2.75, 3.05) is 26.4 Å². The number of phenolic OH excluding ortho intramolecular Hbond substituents is 3. The third-order valence-electron chi connectivity index (χ3n) is 10.7. The molecule has 22 nitrogen and oxygen atoms in total. The molecule has 22 heteroatoms. The minimum Gasteiger partial charge on any atom is -0.504 e. The molecule has 4 aliphatic heterocycles. The summed E-state index contributed by atoms with van der Waals surface area (Å²) in [6, 6.07) is 6.75. The number of para-hydroxylation sites is 2. The Balaban J connectivity index is 1.38. The van der Waals surface area contributed by atoms with Crippen molar-refractivity contribution in [3.05, 3.63) is 60.2 Å². The first-order valence-electron chi connectivity index (χ1n) is 19.3. The van der Waals surface area contributed by atoms with Crippen molar-refractivity contribution >= 4 is 29.8 Å². The first-order valence-corrected chi connectivity index (χ1v) is 19.3. The highest BCUT2D eigenvalue weighted by Gasteiger charge is 2.56. The first-order chi connectivity index (χ1) is 29.5.